The lowest BCUT2D eigenvalue weighted by molar-refractivity contribution is -0.162. The summed E-state index contributed by atoms with van der Waals surface area (Å²) in [6, 6.07) is 0. The Hall–Kier alpha value is -0.700. The van der Waals surface area contributed by atoms with Gasteiger partial charge in [-0.2, -0.15) is 12.7 Å². The summed E-state index contributed by atoms with van der Waals surface area (Å²) in [7, 11) is -3.92. The van der Waals surface area contributed by atoms with Crippen molar-refractivity contribution in [3.63, 3.8) is 0 Å². The molecule has 1 rings (SSSR count). The highest BCUT2D eigenvalue weighted by Crippen LogP contribution is 2.22. The van der Waals surface area contributed by atoms with E-state index < -0.39 is 28.3 Å². The van der Waals surface area contributed by atoms with Gasteiger partial charge in [-0.1, -0.05) is 0 Å². The van der Waals surface area contributed by atoms with Crippen LogP contribution in [0.15, 0.2) is 0 Å². The second kappa shape index (κ2) is 3.46. The molecule has 14 heavy (non-hydrogen) atoms. The first-order valence-electron chi connectivity index (χ1n) is 3.99. The third kappa shape index (κ3) is 2.21. The fourth-order valence-electron chi connectivity index (χ4n) is 1.39. The molecule has 1 aliphatic rings. The molecule has 0 radical (unpaired) electrons. The molecule has 1 fully saturated rings. The number of hydrogen-bond acceptors (Lipinski definition) is 4. The predicted molar refractivity (Wildman–Crippen MR) is 46.5 cm³/mol. The van der Waals surface area contributed by atoms with Gasteiger partial charge in [0.2, 0.25) is 0 Å². The largest absolute Gasteiger partial charge is 0.479 e. The molecule has 82 valence electrons. The van der Waals surface area contributed by atoms with Crippen LogP contribution < -0.4 is 5.14 Å². The summed E-state index contributed by atoms with van der Waals surface area (Å²) in [6.07, 6.45) is 0.313. The highest BCUT2D eigenvalue weighted by atomic mass is 32.2. The van der Waals surface area contributed by atoms with Gasteiger partial charge in [0.05, 0.1) is 6.54 Å². The minimum absolute atomic E-state index is 0.0361. The lowest BCUT2D eigenvalue weighted by Gasteiger charge is -2.34. The molecule has 0 amide bonds. The zero-order valence-corrected chi connectivity index (χ0v) is 8.20. The van der Waals surface area contributed by atoms with Gasteiger partial charge < -0.3 is 10.2 Å². The zero-order chi connectivity index (χ0) is 11.0. The number of carboxylic acid groups (broad SMARTS) is 1. The molecule has 4 N–H and O–H groups in total. The molecular formula is C6H12N2O5S. The van der Waals surface area contributed by atoms with E-state index in [1.807, 2.05) is 0 Å². The van der Waals surface area contributed by atoms with Gasteiger partial charge in [-0.3, -0.25) is 0 Å². The minimum atomic E-state index is -3.92. The molecule has 1 atom stereocenters. The van der Waals surface area contributed by atoms with Crippen molar-refractivity contribution in [2.24, 2.45) is 5.14 Å². The average Bonchev–Trinajstić information content (AvgIpc) is 2.02. The van der Waals surface area contributed by atoms with Crippen LogP contribution in [0, 0.1) is 0 Å². The Morgan fingerprint density at radius 3 is 2.50 bits per heavy atom. The Kier molecular flexibility index (Phi) is 2.81. The lowest BCUT2D eigenvalue weighted by Crippen LogP contribution is -2.55. The summed E-state index contributed by atoms with van der Waals surface area (Å²) in [6.45, 7) is -0.338. The number of nitrogens with two attached hydrogens (primary N) is 1. The molecule has 7 nitrogen and oxygen atoms in total. The maximum absolute atomic E-state index is 10.9. The minimum Gasteiger partial charge on any atom is -0.479 e. The summed E-state index contributed by atoms with van der Waals surface area (Å²) >= 11 is 0. The van der Waals surface area contributed by atoms with E-state index >= 15 is 0 Å². The van der Waals surface area contributed by atoms with Crippen LogP contribution in [-0.4, -0.2) is 47.6 Å². The van der Waals surface area contributed by atoms with E-state index in [0.29, 0.717) is 0 Å². The Balaban J connectivity index is 2.85. The quantitative estimate of drug-likeness (QED) is 0.506. The average molecular weight is 224 g/mol. The van der Waals surface area contributed by atoms with Crippen molar-refractivity contribution >= 4 is 16.2 Å². The Morgan fingerprint density at radius 2 is 2.07 bits per heavy atom. The van der Waals surface area contributed by atoms with Gasteiger partial charge in [-0.15, -0.1) is 0 Å². The molecule has 0 aliphatic carbocycles. The van der Waals surface area contributed by atoms with Crippen molar-refractivity contribution in [3.8, 4) is 0 Å². The van der Waals surface area contributed by atoms with Crippen molar-refractivity contribution in [1.82, 2.24) is 4.31 Å². The Bertz CT molecular complexity index is 340. The van der Waals surface area contributed by atoms with E-state index in [1.165, 1.54) is 0 Å². The van der Waals surface area contributed by atoms with Crippen LogP contribution in [0.1, 0.15) is 12.8 Å². The number of nitrogens with zero attached hydrogens (tertiary/aromatic N) is 1. The summed E-state index contributed by atoms with van der Waals surface area (Å²) in [4.78, 5) is 10.6. The predicted octanol–water partition coefficient (Wildman–Crippen LogP) is -1.90. The molecular weight excluding hydrogens is 212 g/mol. The monoisotopic (exact) mass is 224 g/mol. The molecule has 0 spiro atoms. The Labute approximate surface area is 81.3 Å². The van der Waals surface area contributed by atoms with Crippen LogP contribution >= 0.6 is 0 Å². The first kappa shape index (κ1) is 11.4. The fraction of sp³-hybridized carbons (Fsp3) is 0.833. The zero-order valence-electron chi connectivity index (χ0n) is 7.38. The van der Waals surface area contributed by atoms with Crippen molar-refractivity contribution in [3.05, 3.63) is 0 Å². The topological polar surface area (TPSA) is 121 Å². The van der Waals surface area contributed by atoms with Crippen LogP contribution in [0.2, 0.25) is 0 Å². The fourth-order valence-corrected chi connectivity index (χ4v) is 2.17. The lowest BCUT2D eigenvalue weighted by atomic mass is 9.95. The molecule has 0 aromatic rings. The number of hydrogen-bond donors (Lipinski definition) is 3. The number of piperidine rings is 1. The first-order valence-corrected chi connectivity index (χ1v) is 5.50. The number of aliphatic hydroxyl groups is 1. The van der Waals surface area contributed by atoms with E-state index in [4.69, 9.17) is 10.2 Å². The van der Waals surface area contributed by atoms with E-state index in [1.54, 1.807) is 0 Å². The number of aliphatic carboxylic acids is 1. The highest BCUT2D eigenvalue weighted by Gasteiger charge is 2.42. The van der Waals surface area contributed by atoms with Crippen LogP contribution in [0.4, 0.5) is 0 Å². The maximum Gasteiger partial charge on any atom is 0.337 e. The molecule has 0 bridgehead atoms. The first-order chi connectivity index (χ1) is 6.26. The van der Waals surface area contributed by atoms with Gasteiger partial charge in [0.1, 0.15) is 0 Å². The molecule has 0 aromatic heterocycles. The van der Waals surface area contributed by atoms with Crippen molar-refractivity contribution in [1.29, 1.82) is 0 Å². The number of rotatable bonds is 2. The van der Waals surface area contributed by atoms with Gasteiger partial charge in [-0.25, -0.2) is 9.93 Å². The highest BCUT2D eigenvalue weighted by molar-refractivity contribution is 7.86. The summed E-state index contributed by atoms with van der Waals surface area (Å²) in [5, 5.41) is 23.0. The molecule has 0 aromatic carbocycles. The van der Waals surface area contributed by atoms with Crippen molar-refractivity contribution in [2.75, 3.05) is 13.1 Å². The van der Waals surface area contributed by atoms with E-state index in [2.05, 4.69) is 0 Å². The van der Waals surface area contributed by atoms with Crippen LogP contribution in [-0.2, 0) is 15.0 Å². The molecule has 1 heterocycles. The van der Waals surface area contributed by atoms with Crippen molar-refractivity contribution in [2.45, 2.75) is 18.4 Å². The standard InChI is InChI=1S/C6H12N2O5S/c7-14(12,13)8-3-1-2-6(11,4-8)5(9)10/h11H,1-4H2,(H,9,10)(H2,7,12,13). The van der Waals surface area contributed by atoms with Gasteiger partial charge in [0.25, 0.3) is 10.2 Å². The van der Waals surface area contributed by atoms with Gasteiger partial charge >= 0.3 is 5.97 Å². The van der Waals surface area contributed by atoms with Gasteiger partial charge in [0, 0.05) is 6.54 Å². The van der Waals surface area contributed by atoms with E-state index in [0.717, 1.165) is 4.31 Å². The molecule has 1 aliphatic heterocycles. The maximum atomic E-state index is 10.9. The Morgan fingerprint density at radius 1 is 1.50 bits per heavy atom. The van der Waals surface area contributed by atoms with Gasteiger partial charge in [0.15, 0.2) is 5.60 Å². The summed E-state index contributed by atoms with van der Waals surface area (Å²) in [5.41, 5.74) is -2.01. The molecule has 1 unspecified atom stereocenters. The number of carboxylic acids is 1. The van der Waals surface area contributed by atoms with Crippen LogP contribution in [0.5, 0.6) is 0 Å². The smallest absolute Gasteiger partial charge is 0.337 e. The molecule has 8 heteroatoms. The second-order valence-corrected chi connectivity index (χ2v) is 4.87. The SMILES string of the molecule is NS(=O)(=O)N1CCCC(O)(C(=O)O)C1. The third-order valence-corrected chi connectivity index (χ3v) is 3.23. The van der Waals surface area contributed by atoms with Crippen molar-refractivity contribution < 1.29 is 23.4 Å². The molecule has 1 saturated heterocycles. The van der Waals surface area contributed by atoms with E-state index in [9.17, 15) is 18.3 Å². The second-order valence-electron chi connectivity index (χ2n) is 3.32. The van der Waals surface area contributed by atoms with Crippen LogP contribution in [0.25, 0.3) is 0 Å². The third-order valence-electron chi connectivity index (χ3n) is 2.19. The normalized spacial score (nSPS) is 30.1. The van der Waals surface area contributed by atoms with E-state index in [-0.39, 0.29) is 19.4 Å². The number of β-amino-alcohol motifs (C(OH)–C–C–N with tert-alkyl or cyclic N) is 1. The molecule has 0 saturated carbocycles. The summed E-state index contributed by atoms with van der Waals surface area (Å²) in [5.74, 6) is -1.43. The van der Waals surface area contributed by atoms with Crippen LogP contribution in [0.3, 0.4) is 0 Å². The van der Waals surface area contributed by atoms with Gasteiger partial charge in [-0.05, 0) is 12.8 Å². The number of carbonyl (C=O) groups is 1. The summed E-state index contributed by atoms with van der Waals surface area (Å²) < 4.78 is 22.6.